The molecule has 2 aromatic heterocycles. The number of pyridine rings is 1. The van der Waals surface area contributed by atoms with Crippen LogP contribution in [0, 0.1) is 0 Å². The third-order valence-corrected chi connectivity index (χ3v) is 4.53. The molecule has 3 heterocycles. The average molecular weight is 514 g/mol. The van der Waals surface area contributed by atoms with Crippen molar-refractivity contribution in [2.75, 3.05) is 37.7 Å². The Morgan fingerprint density at radius 2 is 2.07 bits per heavy atom. The van der Waals surface area contributed by atoms with Crippen molar-refractivity contribution in [1.29, 1.82) is 0 Å². The smallest absolute Gasteiger partial charge is 0.191 e. The van der Waals surface area contributed by atoms with Crippen LogP contribution in [-0.4, -0.2) is 48.9 Å². The number of nitrogens with zero attached hydrogens (tertiary/aromatic N) is 4. The van der Waals surface area contributed by atoms with E-state index in [0.717, 1.165) is 61.6 Å². The van der Waals surface area contributed by atoms with Crippen LogP contribution in [0.5, 0.6) is 0 Å². The van der Waals surface area contributed by atoms with Gasteiger partial charge in [0, 0.05) is 37.5 Å². The number of anilines is 1. The fourth-order valence-electron chi connectivity index (χ4n) is 2.97. The van der Waals surface area contributed by atoms with Crippen LogP contribution in [0.3, 0.4) is 0 Å². The minimum atomic E-state index is 0. The second-order valence-corrected chi connectivity index (χ2v) is 7.01. The van der Waals surface area contributed by atoms with Crippen LogP contribution < -0.4 is 15.5 Å². The maximum Gasteiger partial charge on any atom is 0.191 e. The van der Waals surface area contributed by atoms with Crippen LogP contribution in [0.2, 0.25) is 0 Å². The molecule has 0 aliphatic carbocycles. The fraction of sp³-hybridized carbons (Fsp3) is 0.550. The van der Waals surface area contributed by atoms with E-state index in [0.29, 0.717) is 19.0 Å². The van der Waals surface area contributed by atoms with Crippen molar-refractivity contribution in [1.82, 2.24) is 20.8 Å². The molecule has 0 amide bonds. The summed E-state index contributed by atoms with van der Waals surface area (Å²) in [4.78, 5) is 11.6. The van der Waals surface area contributed by atoms with Gasteiger partial charge < -0.3 is 24.8 Å². The third-order valence-electron chi connectivity index (χ3n) is 4.53. The molecule has 3 rings (SSSR count). The van der Waals surface area contributed by atoms with E-state index in [1.54, 1.807) is 0 Å². The lowest BCUT2D eigenvalue weighted by atomic mass is 10.1. The highest BCUT2D eigenvalue weighted by Crippen LogP contribution is 2.19. The van der Waals surface area contributed by atoms with Gasteiger partial charge in [-0.3, -0.25) is 0 Å². The summed E-state index contributed by atoms with van der Waals surface area (Å²) in [5.41, 5.74) is 2.06. The van der Waals surface area contributed by atoms with Gasteiger partial charge in [0.2, 0.25) is 0 Å². The van der Waals surface area contributed by atoms with Crippen LogP contribution in [0.15, 0.2) is 33.9 Å². The van der Waals surface area contributed by atoms with E-state index in [-0.39, 0.29) is 24.0 Å². The number of halogens is 1. The Bertz CT molecular complexity index is 774. The topological polar surface area (TPSA) is 87.8 Å². The molecule has 29 heavy (non-hydrogen) atoms. The second kappa shape index (κ2) is 12.0. The molecule has 1 fully saturated rings. The van der Waals surface area contributed by atoms with E-state index in [9.17, 15) is 0 Å². The predicted octanol–water partition coefficient (Wildman–Crippen LogP) is 2.90. The molecule has 8 nitrogen and oxygen atoms in total. The fourth-order valence-corrected chi connectivity index (χ4v) is 2.97. The largest absolute Gasteiger partial charge is 0.378 e. The maximum atomic E-state index is 5.45. The van der Waals surface area contributed by atoms with Crippen molar-refractivity contribution >= 4 is 35.8 Å². The zero-order valence-corrected chi connectivity index (χ0v) is 19.7. The van der Waals surface area contributed by atoms with Crippen LogP contribution >= 0.6 is 24.0 Å². The number of rotatable bonds is 7. The molecule has 0 saturated carbocycles. The molecule has 0 aromatic carbocycles. The molecule has 1 saturated heterocycles. The number of hydrogen-bond acceptors (Lipinski definition) is 6. The Kier molecular flexibility index (Phi) is 9.65. The highest BCUT2D eigenvalue weighted by atomic mass is 127. The van der Waals surface area contributed by atoms with E-state index in [4.69, 9.17) is 14.3 Å². The zero-order chi connectivity index (χ0) is 19.8. The minimum Gasteiger partial charge on any atom is -0.378 e. The number of nitrogens with one attached hydrogen (secondary N) is 2. The maximum absolute atomic E-state index is 5.45. The Morgan fingerprint density at radius 1 is 1.28 bits per heavy atom. The van der Waals surface area contributed by atoms with Gasteiger partial charge in [0.25, 0.3) is 0 Å². The van der Waals surface area contributed by atoms with Crippen molar-refractivity contribution in [3.63, 3.8) is 0 Å². The van der Waals surface area contributed by atoms with E-state index < -0.39 is 0 Å². The van der Waals surface area contributed by atoms with Gasteiger partial charge in [0.05, 0.1) is 32.0 Å². The summed E-state index contributed by atoms with van der Waals surface area (Å²) in [6.45, 7) is 11.3. The molecular weight excluding hydrogens is 483 g/mol. The first-order valence-corrected chi connectivity index (χ1v) is 9.91. The first-order valence-electron chi connectivity index (χ1n) is 9.91. The highest BCUT2D eigenvalue weighted by Gasteiger charge is 2.15. The molecular formula is C20H31IN6O2. The monoisotopic (exact) mass is 514 g/mol. The molecule has 0 radical (unpaired) electrons. The van der Waals surface area contributed by atoms with Crippen LogP contribution in [0.1, 0.15) is 43.7 Å². The van der Waals surface area contributed by atoms with E-state index in [1.807, 2.05) is 25.3 Å². The molecule has 2 aromatic rings. The summed E-state index contributed by atoms with van der Waals surface area (Å²) >= 11 is 0. The first-order chi connectivity index (χ1) is 13.7. The van der Waals surface area contributed by atoms with Gasteiger partial charge in [-0.25, -0.2) is 9.98 Å². The quantitative estimate of drug-likeness (QED) is 0.334. The van der Waals surface area contributed by atoms with Gasteiger partial charge in [-0.2, -0.15) is 0 Å². The van der Waals surface area contributed by atoms with Gasteiger partial charge >= 0.3 is 0 Å². The summed E-state index contributed by atoms with van der Waals surface area (Å²) in [6, 6.07) is 6.02. The molecule has 1 aliphatic rings. The number of aromatic nitrogens is 2. The summed E-state index contributed by atoms with van der Waals surface area (Å²) in [7, 11) is 0. The predicted molar refractivity (Wildman–Crippen MR) is 125 cm³/mol. The van der Waals surface area contributed by atoms with Gasteiger partial charge in [-0.05, 0) is 18.9 Å². The van der Waals surface area contributed by atoms with Crippen LogP contribution in [0.25, 0.3) is 0 Å². The first kappa shape index (κ1) is 23.4. The minimum absolute atomic E-state index is 0. The highest BCUT2D eigenvalue weighted by molar-refractivity contribution is 14.0. The van der Waals surface area contributed by atoms with Gasteiger partial charge in [-0.15, -0.1) is 24.0 Å². The van der Waals surface area contributed by atoms with Crippen LogP contribution in [0.4, 0.5) is 5.82 Å². The average Bonchev–Trinajstić information content (AvgIpc) is 3.20. The lowest BCUT2D eigenvalue weighted by Gasteiger charge is -2.29. The van der Waals surface area contributed by atoms with Crippen LogP contribution in [-0.2, 0) is 17.8 Å². The zero-order valence-electron chi connectivity index (χ0n) is 17.4. The van der Waals surface area contributed by atoms with Crippen molar-refractivity contribution in [2.45, 2.75) is 39.8 Å². The molecule has 1 aliphatic heterocycles. The van der Waals surface area contributed by atoms with E-state index in [1.165, 1.54) is 0 Å². The van der Waals surface area contributed by atoms with Crippen molar-refractivity contribution < 1.29 is 9.26 Å². The van der Waals surface area contributed by atoms with Gasteiger partial charge in [-0.1, -0.05) is 25.1 Å². The molecule has 0 spiro atoms. The molecule has 2 N–H and O–H groups in total. The summed E-state index contributed by atoms with van der Waals surface area (Å²) in [5.74, 6) is 2.87. The Labute approximate surface area is 189 Å². The van der Waals surface area contributed by atoms with E-state index in [2.05, 4.69) is 45.6 Å². The number of hydrogen-bond donors (Lipinski definition) is 2. The molecule has 0 bridgehead atoms. The van der Waals surface area contributed by atoms with Crippen molar-refractivity contribution in [3.05, 3.63) is 41.4 Å². The number of morpholine rings is 1. The van der Waals surface area contributed by atoms with E-state index >= 15 is 0 Å². The SMILES string of the molecule is CCNC(=NCc1cccnc1N1CCOCC1)NCc1cc(C(C)C)no1.I. The molecule has 0 atom stereocenters. The molecule has 9 heteroatoms. The van der Waals surface area contributed by atoms with Crippen molar-refractivity contribution in [3.8, 4) is 0 Å². The lowest BCUT2D eigenvalue weighted by Crippen LogP contribution is -2.38. The number of ether oxygens (including phenoxy) is 1. The summed E-state index contributed by atoms with van der Waals surface area (Å²) < 4.78 is 10.8. The Morgan fingerprint density at radius 3 is 2.76 bits per heavy atom. The third kappa shape index (κ3) is 6.84. The molecule has 160 valence electrons. The Hall–Kier alpha value is -1.88. The second-order valence-electron chi connectivity index (χ2n) is 7.01. The van der Waals surface area contributed by atoms with Gasteiger partial charge in [0.1, 0.15) is 5.82 Å². The van der Waals surface area contributed by atoms with Crippen molar-refractivity contribution in [2.24, 2.45) is 4.99 Å². The van der Waals surface area contributed by atoms with Gasteiger partial charge in [0.15, 0.2) is 11.7 Å². The number of aliphatic imine (C=N–C) groups is 1. The summed E-state index contributed by atoms with van der Waals surface area (Å²) in [6.07, 6.45) is 1.83. The standard InChI is InChI=1S/C20H30N6O2.HI/c1-4-21-20(24-14-17-12-18(15(2)3)25-28-17)23-13-16-6-5-7-22-19(16)26-8-10-27-11-9-26;/h5-7,12,15H,4,8-11,13-14H2,1-3H3,(H2,21,23,24);1H. The number of guanidine groups is 1. The normalized spacial score (nSPS) is 14.6. The summed E-state index contributed by atoms with van der Waals surface area (Å²) in [5, 5.41) is 10.7. The lowest BCUT2D eigenvalue weighted by molar-refractivity contribution is 0.122. The molecule has 0 unspecified atom stereocenters. The Balaban J connectivity index is 0.00000300.